The molecule has 0 fully saturated rings. The molecule has 1 aliphatic rings. The van der Waals surface area contributed by atoms with Crippen LogP contribution in [-0.2, 0) is 12.8 Å². The van der Waals surface area contributed by atoms with Crippen LogP contribution in [0.1, 0.15) is 27.2 Å². The molecule has 0 unspecified atom stereocenters. The summed E-state index contributed by atoms with van der Waals surface area (Å²) in [5.41, 5.74) is 4.46. The van der Waals surface area contributed by atoms with E-state index in [-0.39, 0.29) is 0 Å². The van der Waals surface area contributed by atoms with Crippen LogP contribution in [0.2, 0.25) is 0 Å². The predicted octanol–water partition coefficient (Wildman–Crippen LogP) is 2.81. The van der Waals surface area contributed by atoms with Crippen LogP contribution in [-0.4, -0.2) is 24.4 Å². The first-order valence-electron chi connectivity index (χ1n) is 7.02. The molecule has 0 aliphatic carbocycles. The fourth-order valence-electron chi connectivity index (χ4n) is 2.78. The van der Waals surface area contributed by atoms with E-state index in [1.807, 2.05) is 19.1 Å². The van der Waals surface area contributed by atoms with Crippen LogP contribution in [0, 0.1) is 6.92 Å². The Hall–Kier alpha value is -2.16. The van der Waals surface area contributed by atoms with E-state index >= 15 is 0 Å². The van der Waals surface area contributed by atoms with Gasteiger partial charge in [0.1, 0.15) is 5.82 Å². The van der Waals surface area contributed by atoms with Crippen LogP contribution in [0.25, 0.3) is 0 Å². The molecule has 0 amide bonds. The van der Waals surface area contributed by atoms with Crippen LogP contribution in [0.3, 0.4) is 0 Å². The number of aldehydes is 1. The lowest BCUT2D eigenvalue weighted by Crippen LogP contribution is -2.28. The molecule has 0 spiro atoms. The number of hydrogen-bond donors (Lipinski definition) is 0. The summed E-state index contributed by atoms with van der Waals surface area (Å²) in [6.45, 7) is 3.78. The van der Waals surface area contributed by atoms with Gasteiger partial charge in [-0.1, -0.05) is 24.3 Å². The molecule has 1 aromatic heterocycles. The summed E-state index contributed by atoms with van der Waals surface area (Å²) in [4.78, 5) is 18.0. The fourth-order valence-corrected chi connectivity index (χ4v) is 2.78. The third-order valence-corrected chi connectivity index (χ3v) is 3.89. The molecule has 0 bridgehead atoms. The van der Waals surface area contributed by atoms with E-state index in [2.05, 4.69) is 34.1 Å². The first-order chi connectivity index (χ1) is 9.78. The summed E-state index contributed by atoms with van der Waals surface area (Å²) in [5.74, 6) is 0.827. The van der Waals surface area contributed by atoms with E-state index in [9.17, 15) is 4.79 Å². The second kappa shape index (κ2) is 5.45. The highest BCUT2D eigenvalue weighted by atomic mass is 16.1. The van der Waals surface area contributed by atoms with Gasteiger partial charge < -0.3 is 4.90 Å². The van der Waals surface area contributed by atoms with Crippen LogP contribution in [0.5, 0.6) is 0 Å². The maximum Gasteiger partial charge on any atom is 0.153 e. The Morgan fingerprint density at radius 1 is 1.05 bits per heavy atom. The molecule has 0 saturated carbocycles. The van der Waals surface area contributed by atoms with Gasteiger partial charge in [-0.3, -0.25) is 4.79 Å². The lowest BCUT2D eigenvalue weighted by Gasteiger charge is -2.23. The Kier molecular flexibility index (Phi) is 3.50. The highest BCUT2D eigenvalue weighted by Crippen LogP contribution is 2.22. The number of anilines is 1. The Labute approximate surface area is 119 Å². The summed E-state index contributed by atoms with van der Waals surface area (Å²) in [7, 11) is 0. The van der Waals surface area contributed by atoms with Crippen molar-refractivity contribution in [3.8, 4) is 0 Å². The Morgan fingerprint density at radius 3 is 2.30 bits per heavy atom. The number of pyridine rings is 1. The third kappa shape index (κ3) is 2.44. The second-order valence-corrected chi connectivity index (χ2v) is 5.24. The minimum Gasteiger partial charge on any atom is -0.355 e. The van der Waals surface area contributed by atoms with E-state index in [1.165, 1.54) is 11.1 Å². The molecule has 102 valence electrons. The van der Waals surface area contributed by atoms with Crippen LogP contribution < -0.4 is 4.90 Å². The third-order valence-electron chi connectivity index (χ3n) is 3.89. The van der Waals surface area contributed by atoms with Crippen molar-refractivity contribution in [1.29, 1.82) is 0 Å². The maximum absolute atomic E-state index is 11.2. The van der Waals surface area contributed by atoms with Crippen LogP contribution in [0.15, 0.2) is 36.4 Å². The molecule has 0 atom stereocenters. The van der Waals surface area contributed by atoms with Gasteiger partial charge in [0.05, 0.1) is 5.56 Å². The van der Waals surface area contributed by atoms with E-state index in [0.29, 0.717) is 5.56 Å². The number of hydrogen-bond acceptors (Lipinski definition) is 3. The first kappa shape index (κ1) is 12.9. The lowest BCUT2D eigenvalue weighted by molar-refractivity contribution is 0.112. The molecule has 20 heavy (non-hydrogen) atoms. The molecule has 1 aliphatic heterocycles. The van der Waals surface area contributed by atoms with Crippen molar-refractivity contribution in [3.63, 3.8) is 0 Å². The van der Waals surface area contributed by atoms with Crippen molar-refractivity contribution < 1.29 is 4.79 Å². The topological polar surface area (TPSA) is 33.2 Å². The molecule has 2 aromatic rings. The molecule has 3 heteroatoms. The molecular formula is C17H18N2O. The lowest BCUT2D eigenvalue weighted by atomic mass is 10.0. The molecule has 3 nitrogen and oxygen atoms in total. The van der Waals surface area contributed by atoms with Gasteiger partial charge in [-0.15, -0.1) is 0 Å². The van der Waals surface area contributed by atoms with Crippen molar-refractivity contribution in [2.24, 2.45) is 0 Å². The number of benzene rings is 1. The number of nitrogens with zero attached hydrogens (tertiary/aromatic N) is 2. The largest absolute Gasteiger partial charge is 0.355 e. The van der Waals surface area contributed by atoms with Gasteiger partial charge in [0, 0.05) is 18.8 Å². The SMILES string of the molecule is Cc1ccc(C=O)c(N2CCc3ccccc3CC2)n1. The van der Waals surface area contributed by atoms with E-state index in [4.69, 9.17) is 0 Å². The summed E-state index contributed by atoms with van der Waals surface area (Å²) in [6, 6.07) is 12.3. The molecule has 0 N–H and O–H groups in total. The molecule has 2 heterocycles. The van der Waals surface area contributed by atoms with Crippen LogP contribution in [0.4, 0.5) is 5.82 Å². The normalized spacial score (nSPS) is 14.6. The average Bonchev–Trinajstić information content (AvgIpc) is 2.70. The summed E-state index contributed by atoms with van der Waals surface area (Å²) in [5, 5.41) is 0. The predicted molar refractivity (Wildman–Crippen MR) is 80.4 cm³/mol. The summed E-state index contributed by atoms with van der Waals surface area (Å²) >= 11 is 0. The molecular weight excluding hydrogens is 248 g/mol. The number of fused-ring (bicyclic) bond motifs is 1. The van der Waals surface area contributed by atoms with Gasteiger partial charge in [-0.2, -0.15) is 0 Å². The summed E-state index contributed by atoms with van der Waals surface area (Å²) < 4.78 is 0. The van der Waals surface area contributed by atoms with Crippen molar-refractivity contribution in [3.05, 3.63) is 58.8 Å². The standard InChI is InChI=1S/C17H18N2O/c1-13-6-7-16(12-20)17(18-13)19-10-8-14-4-2-3-5-15(14)9-11-19/h2-7,12H,8-11H2,1H3. The van der Waals surface area contributed by atoms with Crippen molar-refractivity contribution in [2.75, 3.05) is 18.0 Å². The zero-order valence-electron chi connectivity index (χ0n) is 11.7. The quantitative estimate of drug-likeness (QED) is 0.784. The highest BCUT2D eigenvalue weighted by Gasteiger charge is 2.17. The number of carbonyl (C=O) groups is 1. The van der Waals surface area contributed by atoms with Gasteiger partial charge in [0.25, 0.3) is 0 Å². The second-order valence-electron chi connectivity index (χ2n) is 5.24. The van der Waals surface area contributed by atoms with Gasteiger partial charge in [-0.25, -0.2) is 4.98 Å². The Bertz CT molecular complexity index is 610. The van der Waals surface area contributed by atoms with Crippen molar-refractivity contribution >= 4 is 12.1 Å². The highest BCUT2D eigenvalue weighted by molar-refractivity contribution is 5.82. The van der Waals surface area contributed by atoms with E-state index < -0.39 is 0 Å². The number of rotatable bonds is 2. The molecule has 0 saturated heterocycles. The molecule has 1 aromatic carbocycles. The van der Waals surface area contributed by atoms with E-state index in [0.717, 1.165) is 43.7 Å². The van der Waals surface area contributed by atoms with Gasteiger partial charge in [0.2, 0.25) is 0 Å². The van der Waals surface area contributed by atoms with Crippen molar-refractivity contribution in [2.45, 2.75) is 19.8 Å². The van der Waals surface area contributed by atoms with E-state index in [1.54, 1.807) is 0 Å². The summed E-state index contributed by atoms with van der Waals surface area (Å²) in [6.07, 6.45) is 2.91. The monoisotopic (exact) mass is 266 g/mol. The minimum atomic E-state index is 0.682. The molecule has 0 radical (unpaired) electrons. The smallest absolute Gasteiger partial charge is 0.153 e. The number of aryl methyl sites for hydroxylation is 1. The van der Waals surface area contributed by atoms with Crippen molar-refractivity contribution in [1.82, 2.24) is 4.98 Å². The van der Waals surface area contributed by atoms with Gasteiger partial charge in [-0.05, 0) is 43.0 Å². The van der Waals surface area contributed by atoms with Gasteiger partial charge in [0.15, 0.2) is 6.29 Å². The Morgan fingerprint density at radius 2 is 1.70 bits per heavy atom. The fraction of sp³-hybridized carbons (Fsp3) is 0.294. The number of aromatic nitrogens is 1. The minimum absolute atomic E-state index is 0.682. The molecule has 3 rings (SSSR count). The van der Waals surface area contributed by atoms with Gasteiger partial charge >= 0.3 is 0 Å². The maximum atomic E-state index is 11.2. The first-order valence-corrected chi connectivity index (χ1v) is 7.02. The zero-order valence-corrected chi connectivity index (χ0v) is 11.7. The Balaban J connectivity index is 1.90. The van der Waals surface area contributed by atoms with Crippen LogP contribution >= 0.6 is 0 Å². The average molecular weight is 266 g/mol. The zero-order chi connectivity index (χ0) is 13.9. The number of carbonyl (C=O) groups excluding carboxylic acids is 1.